The monoisotopic (exact) mass is 311 g/mol. The molecule has 0 atom stereocenters. The van der Waals surface area contributed by atoms with Crippen LogP contribution in [0.15, 0.2) is 42.7 Å². The zero-order valence-corrected chi connectivity index (χ0v) is 13.1. The van der Waals surface area contributed by atoms with Gasteiger partial charge in [0.2, 0.25) is 5.95 Å². The number of aromatic nitrogens is 2. The molecule has 2 fully saturated rings. The van der Waals surface area contributed by atoms with E-state index in [0.717, 1.165) is 31.8 Å². The maximum absolute atomic E-state index is 5.71. The lowest BCUT2D eigenvalue weighted by Crippen LogP contribution is -2.47. The van der Waals surface area contributed by atoms with Crippen LogP contribution in [0, 0.1) is 5.41 Å². The third-order valence-electron chi connectivity index (χ3n) is 4.80. The summed E-state index contributed by atoms with van der Waals surface area (Å²) in [4.78, 5) is 8.74. The van der Waals surface area contributed by atoms with Crippen LogP contribution < -0.4 is 10.1 Å². The largest absolute Gasteiger partial charge is 0.454 e. The molecule has 2 aromatic rings. The van der Waals surface area contributed by atoms with E-state index in [1.54, 1.807) is 12.4 Å². The summed E-state index contributed by atoms with van der Waals surface area (Å²) in [5.41, 5.74) is 0.479. The fraction of sp³-hybridized carbons (Fsp3) is 0.444. The minimum absolute atomic E-state index is 0.460. The number of ether oxygens (including phenoxy) is 2. The zero-order chi connectivity index (χ0) is 15.5. The molecule has 1 aromatic carbocycles. The fourth-order valence-electron chi connectivity index (χ4n) is 3.30. The topological polar surface area (TPSA) is 56.3 Å². The lowest BCUT2D eigenvalue weighted by molar-refractivity contribution is -0.131. The van der Waals surface area contributed by atoms with Crippen molar-refractivity contribution in [2.24, 2.45) is 5.41 Å². The summed E-state index contributed by atoms with van der Waals surface area (Å²) in [5, 5.41) is 3.44. The number of hydrogen-bond donors (Lipinski definition) is 1. The molecule has 1 spiro atoms. The SMILES string of the molecule is c1ccc(Oc2cnc(NC3CCC4(CC3)COC4)nc2)cc1. The Balaban J connectivity index is 1.32. The molecule has 1 aliphatic heterocycles. The molecule has 1 aliphatic carbocycles. The predicted molar refractivity (Wildman–Crippen MR) is 87.7 cm³/mol. The van der Waals surface area contributed by atoms with Gasteiger partial charge in [-0.1, -0.05) is 18.2 Å². The minimum atomic E-state index is 0.460. The maximum atomic E-state index is 5.71. The number of nitrogens with one attached hydrogen (secondary N) is 1. The molecule has 1 N–H and O–H groups in total. The first-order valence-electron chi connectivity index (χ1n) is 8.21. The summed E-state index contributed by atoms with van der Waals surface area (Å²) >= 11 is 0. The van der Waals surface area contributed by atoms with Crippen molar-refractivity contribution < 1.29 is 9.47 Å². The smallest absolute Gasteiger partial charge is 0.223 e. The second kappa shape index (κ2) is 6.16. The van der Waals surface area contributed by atoms with Crippen molar-refractivity contribution in [3.63, 3.8) is 0 Å². The second-order valence-electron chi connectivity index (χ2n) is 6.57. The van der Waals surface area contributed by atoms with Gasteiger partial charge in [-0.15, -0.1) is 0 Å². The molecule has 1 saturated carbocycles. The first-order chi connectivity index (χ1) is 11.3. The lowest BCUT2D eigenvalue weighted by atomic mass is 9.71. The van der Waals surface area contributed by atoms with Gasteiger partial charge >= 0.3 is 0 Å². The van der Waals surface area contributed by atoms with E-state index >= 15 is 0 Å². The van der Waals surface area contributed by atoms with E-state index in [-0.39, 0.29) is 0 Å². The normalized spacial score (nSPS) is 20.0. The number of para-hydroxylation sites is 1. The highest BCUT2D eigenvalue weighted by Gasteiger charge is 2.41. The van der Waals surface area contributed by atoms with Crippen molar-refractivity contribution in [1.82, 2.24) is 9.97 Å². The van der Waals surface area contributed by atoms with Gasteiger partial charge in [-0.25, -0.2) is 9.97 Å². The molecule has 5 heteroatoms. The Kier molecular flexibility index (Phi) is 3.87. The Bertz CT molecular complexity index is 631. The van der Waals surface area contributed by atoms with Crippen LogP contribution in [0.3, 0.4) is 0 Å². The Morgan fingerprint density at radius 3 is 2.30 bits per heavy atom. The van der Waals surface area contributed by atoms with Crippen molar-refractivity contribution in [3.05, 3.63) is 42.7 Å². The molecular weight excluding hydrogens is 290 g/mol. The molecule has 23 heavy (non-hydrogen) atoms. The summed E-state index contributed by atoms with van der Waals surface area (Å²) in [6.45, 7) is 1.89. The van der Waals surface area contributed by atoms with Gasteiger partial charge in [0.1, 0.15) is 5.75 Å². The van der Waals surface area contributed by atoms with Gasteiger partial charge in [-0.2, -0.15) is 0 Å². The average molecular weight is 311 g/mol. The first-order valence-corrected chi connectivity index (χ1v) is 8.21. The Hall–Kier alpha value is -2.14. The number of rotatable bonds is 4. The van der Waals surface area contributed by atoms with Gasteiger partial charge < -0.3 is 14.8 Å². The van der Waals surface area contributed by atoms with E-state index in [1.165, 1.54) is 12.8 Å². The van der Waals surface area contributed by atoms with Crippen LogP contribution >= 0.6 is 0 Å². The van der Waals surface area contributed by atoms with E-state index in [0.29, 0.717) is 23.2 Å². The number of benzene rings is 1. The Morgan fingerprint density at radius 2 is 1.70 bits per heavy atom. The van der Waals surface area contributed by atoms with Crippen molar-refractivity contribution in [2.75, 3.05) is 18.5 Å². The third-order valence-corrected chi connectivity index (χ3v) is 4.80. The van der Waals surface area contributed by atoms with Gasteiger partial charge in [0.05, 0.1) is 25.6 Å². The van der Waals surface area contributed by atoms with Gasteiger partial charge in [-0.3, -0.25) is 0 Å². The van der Waals surface area contributed by atoms with E-state index in [4.69, 9.17) is 9.47 Å². The fourth-order valence-corrected chi connectivity index (χ4v) is 3.30. The standard InChI is InChI=1S/C18H21N3O2/c1-2-4-15(5-3-1)23-16-10-19-17(20-11-16)21-14-6-8-18(9-7-14)12-22-13-18/h1-5,10-11,14H,6-9,12-13H2,(H,19,20,21). The molecule has 4 rings (SSSR count). The number of nitrogens with zero attached hydrogens (tertiary/aromatic N) is 2. The first kappa shape index (κ1) is 14.5. The molecule has 5 nitrogen and oxygen atoms in total. The van der Waals surface area contributed by atoms with Gasteiger partial charge in [0, 0.05) is 11.5 Å². The minimum Gasteiger partial charge on any atom is -0.454 e. The van der Waals surface area contributed by atoms with Crippen LogP contribution in [0.4, 0.5) is 5.95 Å². The molecule has 0 radical (unpaired) electrons. The highest BCUT2D eigenvalue weighted by molar-refractivity contribution is 5.32. The van der Waals surface area contributed by atoms with Crippen LogP contribution in [-0.2, 0) is 4.74 Å². The van der Waals surface area contributed by atoms with Gasteiger partial charge in [0.25, 0.3) is 0 Å². The van der Waals surface area contributed by atoms with Crippen LogP contribution in [-0.4, -0.2) is 29.2 Å². The van der Waals surface area contributed by atoms with Crippen molar-refractivity contribution >= 4 is 5.95 Å². The maximum Gasteiger partial charge on any atom is 0.223 e. The summed E-state index contributed by atoms with van der Waals surface area (Å²) in [6.07, 6.45) is 8.22. The summed E-state index contributed by atoms with van der Waals surface area (Å²) in [6, 6.07) is 10.1. The average Bonchev–Trinajstić information content (AvgIpc) is 2.57. The van der Waals surface area contributed by atoms with Crippen LogP contribution in [0.25, 0.3) is 0 Å². The quantitative estimate of drug-likeness (QED) is 0.934. The molecule has 120 valence electrons. The van der Waals surface area contributed by atoms with Crippen LogP contribution in [0.1, 0.15) is 25.7 Å². The van der Waals surface area contributed by atoms with Gasteiger partial charge in [-0.05, 0) is 37.8 Å². The Labute approximate surface area is 136 Å². The summed E-state index contributed by atoms with van der Waals surface area (Å²) in [5.74, 6) is 2.12. The molecule has 2 heterocycles. The Morgan fingerprint density at radius 1 is 1.00 bits per heavy atom. The summed E-state index contributed by atoms with van der Waals surface area (Å²) < 4.78 is 11.1. The van der Waals surface area contributed by atoms with Crippen LogP contribution in [0.5, 0.6) is 11.5 Å². The molecule has 0 unspecified atom stereocenters. The van der Waals surface area contributed by atoms with E-state index in [9.17, 15) is 0 Å². The molecular formula is C18H21N3O2. The lowest BCUT2D eigenvalue weighted by Gasteiger charge is -2.46. The molecule has 1 saturated heterocycles. The van der Waals surface area contributed by atoms with Crippen molar-refractivity contribution in [3.8, 4) is 11.5 Å². The number of hydrogen-bond acceptors (Lipinski definition) is 5. The van der Waals surface area contributed by atoms with Gasteiger partial charge in [0.15, 0.2) is 5.75 Å². The second-order valence-corrected chi connectivity index (χ2v) is 6.57. The van der Waals surface area contributed by atoms with E-state index < -0.39 is 0 Å². The highest BCUT2D eigenvalue weighted by atomic mass is 16.5. The molecule has 1 aromatic heterocycles. The van der Waals surface area contributed by atoms with Crippen LogP contribution in [0.2, 0.25) is 0 Å². The van der Waals surface area contributed by atoms with Crippen molar-refractivity contribution in [1.29, 1.82) is 0 Å². The zero-order valence-electron chi connectivity index (χ0n) is 13.1. The molecule has 2 aliphatic rings. The molecule has 0 bridgehead atoms. The number of anilines is 1. The summed E-state index contributed by atoms with van der Waals surface area (Å²) in [7, 11) is 0. The van der Waals surface area contributed by atoms with Crippen molar-refractivity contribution in [2.45, 2.75) is 31.7 Å². The highest BCUT2D eigenvalue weighted by Crippen LogP contribution is 2.42. The van der Waals surface area contributed by atoms with E-state index in [1.807, 2.05) is 30.3 Å². The van der Waals surface area contributed by atoms with E-state index in [2.05, 4.69) is 15.3 Å². The third kappa shape index (κ3) is 3.29. The predicted octanol–water partition coefficient (Wildman–Crippen LogP) is 3.64. The molecule has 0 amide bonds.